The van der Waals surface area contributed by atoms with Gasteiger partial charge >= 0.3 is 0 Å². The van der Waals surface area contributed by atoms with Crippen LogP contribution in [-0.2, 0) is 21.2 Å². The highest BCUT2D eigenvalue weighted by molar-refractivity contribution is 7.89. The van der Waals surface area contributed by atoms with Gasteiger partial charge in [-0.25, -0.2) is 13.1 Å². The fraction of sp³-hybridized carbons (Fsp3) is 0.417. The molecule has 0 aromatic heterocycles. The molecule has 1 amide bonds. The van der Waals surface area contributed by atoms with Crippen molar-refractivity contribution in [3.05, 3.63) is 23.8 Å². The predicted octanol–water partition coefficient (Wildman–Crippen LogP) is 1.01. The summed E-state index contributed by atoms with van der Waals surface area (Å²) in [6.45, 7) is 0. The molecule has 1 aliphatic heterocycles. The predicted molar refractivity (Wildman–Crippen MR) is 66.7 cm³/mol. The summed E-state index contributed by atoms with van der Waals surface area (Å²) in [5, 5.41) is 2.68. The summed E-state index contributed by atoms with van der Waals surface area (Å²) in [5.41, 5.74) is 1.46. The van der Waals surface area contributed by atoms with Gasteiger partial charge in [0, 0.05) is 11.7 Å². The van der Waals surface area contributed by atoms with E-state index in [0.717, 1.165) is 24.8 Å². The second-order valence-corrected chi connectivity index (χ2v) is 6.51. The maximum absolute atomic E-state index is 12.1. The molecule has 2 aliphatic rings. The first-order chi connectivity index (χ1) is 8.54. The fourth-order valence-corrected chi connectivity index (χ4v) is 3.54. The van der Waals surface area contributed by atoms with Crippen molar-refractivity contribution in [3.8, 4) is 0 Å². The summed E-state index contributed by atoms with van der Waals surface area (Å²) in [5.74, 6) is -0.0912. The monoisotopic (exact) mass is 266 g/mol. The lowest BCUT2D eigenvalue weighted by Crippen LogP contribution is -2.39. The van der Waals surface area contributed by atoms with Crippen LogP contribution in [-0.4, -0.2) is 20.4 Å². The molecule has 0 spiro atoms. The smallest absolute Gasteiger partial charge is 0.240 e. The molecule has 0 bridgehead atoms. The Morgan fingerprint density at radius 2 is 2.06 bits per heavy atom. The quantitative estimate of drug-likeness (QED) is 0.857. The Morgan fingerprint density at radius 1 is 1.28 bits per heavy atom. The van der Waals surface area contributed by atoms with Gasteiger partial charge in [0.25, 0.3) is 0 Å². The average Bonchev–Trinajstić information content (AvgIpc) is 2.62. The summed E-state index contributed by atoms with van der Waals surface area (Å²) in [4.78, 5) is 11.5. The van der Waals surface area contributed by atoms with Gasteiger partial charge in [-0.05, 0) is 36.6 Å². The van der Waals surface area contributed by atoms with Crippen LogP contribution >= 0.6 is 0 Å². The minimum Gasteiger partial charge on any atom is -0.326 e. The van der Waals surface area contributed by atoms with Crippen LogP contribution in [0, 0.1) is 0 Å². The van der Waals surface area contributed by atoms with Gasteiger partial charge in [0.05, 0.1) is 11.3 Å². The lowest BCUT2D eigenvalue weighted by Gasteiger charge is -2.26. The summed E-state index contributed by atoms with van der Waals surface area (Å²) >= 11 is 0. The SMILES string of the molecule is O=C1Cc2cc(S(=O)(=O)NC3CCC3)ccc2N1. The Hall–Kier alpha value is -1.40. The molecular weight excluding hydrogens is 252 g/mol. The Labute approximate surface area is 106 Å². The van der Waals surface area contributed by atoms with E-state index in [1.54, 1.807) is 12.1 Å². The summed E-state index contributed by atoms with van der Waals surface area (Å²) < 4.78 is 26.9. The Morgan fingerprint density at radius 3 is 2.72 bits per heavy atom. The number of fused-ring (bicyclic) bond motifs is 1. The molecule has 1 heterocycles. The zero-order valence-corrected chi connectivity index (χ0v) is 10.6. The molecule has 1 fully saturated rings. The van der Waals surface area contributed by atoms with Crippen molar-refractivity contribution in [1.82, 2.24) is 4.72 Å². The van der Waals surface area contributed by atoms with E-state index < -0.39 is 10.0 Å². The van der Waals surface area contributed by atoms with Gasteiger partial charge in [0.2, 0.25) is 15.9 Å². The number of anilines is 1. The molecule has 0 unspecified atom stereocenters. The standard InChI is InChI=1S/C12H14N2O3S/c15-12-7-8-6-10(4-5-11(8)13-12)18(16,17)14-9-2-1-3-9/h4-6,9,14H,1-3,7H2,(H,13,15). The lowest BCUT2D eigenvalue weighted by atomic mass is 9.94. The molecule has 6 heteroatoms. The third-order valence-corrected chi connectivity index (χ3v) is 4.96. The van der Waals surface area contributed by atoms with Gasteiger partial charge in [-0.2, -0.15) is 0 Å². The number of hydrogen-bond donors (Lipinski definition) is 2. The van der Waals surface area contributed by atoms with Crippen LogP contribution in [0.25, 0.3) is 0 Å². The van der Waals surface area contributed by atoms with Gasteiger partial charge < -0.3 is 5.32 Å². The first-order valence-corrected chi connectivity index (χ1v) is 7.48. The van der Waals surface area contributed by atoms with E-state index in [4.69, 9.17) is 0 Å². The normalized spacial score (nSPS) is 19.2. The Bertz CT molecular complexity index is 606. The van der Waals surface area contributed by atoms with Crippen molar-refractivity contribution in [2.24, 2.45) is 0 Å². The third-order valence-electron chi connectivity index (χ3n) is 3.44. The Balaban J connectivity index is 1.88. The number of carbonyl (C=O) groups excluding carboxylic acids is 1. The molecule has 0 radical (unpaired) electrons. The van der Waals surface area contributed by atoms with Gasteiger partial charge in [-0.1, -0.05) is 6.42 Å². The highest BCUT2D eigenvalue weighted by Gasteiger charge is 2.26. The zero-order chi connectivity index (χ0) is 12.8. The summed E-state index contributed by atoms with van der Waals surface area (Å²) in [6, 6.07) is 4.83. The number of sulfonamides is 1. The van der Waals surface area contributed by atoms with Gasteiger partial charge in [-0.3, -0.25) is 4.79 Å². The van der Waals surface area contributed by atoms with Crippen LogP contribution in [0.15, 0.2) is 23.1 Å². The van der Waals surface area contributed by atoms with E-state index in [2.05, 4.69) is 10.0 Å². The Kier molecular flexibility index (Phi) is 2.64. The molecule has 1 saturated carbocycles. The van der Waals surface area contributed by atoms with Crippen molar-refractivity contribution in [2.45, 2.75) is 36.6 Å². The molecule has 18 heavy (non-hydrogen) atoms. The molecule has 0 saturated heterocycles. The molecule has 1 aromatic rings. The summed E-state index contributed by atoms with van der Waals surface area (Å²) in [7, 11) is -3.45. The summed E-state index contributed by atoms with van der Waals surface area (Å²) in [6.07, 6.45) is 3.15. The molecule has 1 aliphatic carbocycles. The number of benzene rings is 1. The molecule has 2 N–H and O–H groups in total. The van der Waals surface area contributed by atoms with Gasteiger partial charge in [0.15, 0.2) is 0 Å². The lowest BCUT2D eigenvalue weighted by molar-refractivity contribution is -0.115. The van der Waals surface area contributed by atoms with E-state index in [1.807, 2.05) is 0 Å². The van der Waals surface area contributed by atoms with E-state index in [0.29, 0.717) is 5.69 Å². The fourth-order valence-electron chi connectivity index (χ4n) is 2.19. The van der Waals surface area contributed by atoms with E-state index in [9.17, 15) is 13.2 Å². The van der Waals surface area contributed by atoms with Crippen LogP contribution in [0.5, 0.6) is 0 Å². The molecule has 5 nitrogen and oxygen atoms in total. The number of nitrogens with one attached hydrogen (secondary N) is 2. The second kappa shape index (κ2) is 4.07. The van der Waals surface area contributed by atoms with Crippen LogP contribution in [0.3, 0.4) is 0 Å². The molecule has 3 rings (SSSR count). The minimum absolute atomic E-state index is 0.0722. The topological polar surface area (TPSA) is 75.3 Å². The molecule has 96 valence electrons. The van der Waals surface area contributed by atoms with Crippen molar-refractivity contribution in [2.75, 3.05) is 5.32 Å². The van der Waals surface area contributed by atoms with Crippen molar-refractivity contribution < 1.29 is 13.2 Å². The number of rotatable bonds is 3. The molecule has 1 aromatic carbocycles. The second-order valence-electron chi connectivity index (χ2n) is 4.79. The van der Waals surface area contributed by atoms with E-state index in [-0.39, 0.29) is 23.3 Å². The molecular formula is C12H14N2O3S. The number of carbonyl (C=O) groups is 1. The van der Waals surface area contributed by atoms with Crippen LogP contribution < -0.4 is 10.0 Å². The maximum atomic E-state index is 12.1. The van der Waals surface area contributed by atoms with Crippen molar-refractivity contribution in [3.63, 3.8) is 0 Å². The van der Waals surface area contributed by atoms with Crippen LogP contribution in [0.1, 0.15) is 24.8 Å². The largest absolute Gasteiger partial charge is 0.326 e. The average molecular weight is 266 g/mol. The van der Waals surface area contributed by atoms with Crippen LogP contribution in [0.2, 0.25) is 0 Å². The first-order valence-electron chi connectivity index (χ1n) is 6.00. The van der Waals surface area contributed by atoms with Gasteiger partial charge in [0.1, 0.15) is 0 Å². The third kappa shape index (κ3) is 2.02. The highest BCUT2D eigenvalue weighted by atomic mass is 32.2. The number of amides is 1. The molecule has 0 atom stereocenters. The minimum atomic E-state index is -3.45. The van der Waals surface area contributed by atoms with Crippen molar-refractivity contribution >= 4 is 21.6 Å². The van der Waals surface area contributed by atoms with E-state index in [1.165, 1.54) is 6.07 Å². The first kappa shape index (κ1) is 11.7. The van der Waals surface area contributed by atoms with E-state index >= 15 is 0 Å². The van der Waals surface area contributed by atoms with Crippen LogP contribution in [0.4, 0.5) is 5.69 Å². The highest BCUT2D eigenvalue weighted by Crippen LogP contribution is 2.27. The zero-order valence-electron chi connectivity index (χ0n) is 9.77. The van der Waals surface area contributed by atoms with Crippen molar-refractivity contribution in [1.29, 1.82) is 0 Å². The maximum Gasteiger partial charge on any atom is 0.240 e. The van der Waals surface area contributed by atoms with Gasteiger partial charge in [-0.15, -0.1) is 0 Å². The number of hydrogen-bond acceptors (Lipinski definition) is 3.